The van der Waals surface area contributed by atoms with Gasteiger partial charge in [0.05, 0.1) is 11.1 Å². The largest absolute Gasteiger partial charge is 0.481 e. The van der Waals surface area contributed by atoms with Gasteiger partial charge in [0.15, 0.2) is 5.82 Å². The summed E-state index contributed by atoms with van der Waals surface area (Å²) in [6, 6.07) is 15.1. The summed E-state index contributed by atoms with van der Waals surface area (Å²) in [6.45, 7) is 2.07. The number of aromatic nitrogens is 2. The summed E-state index contributed by atoms with van der Waals surface area (Å²) >= 11 is 0. The van der Waals surface area contributed by atoms with Crippen molar-refractivity contribution in [1.82, 2.24) is 14.5 Å². The molecule has 1 aliphatic heterocycles. The SMILES string of the molecule is Cn1cccc1-c1ncc(C2(C(=O)O)CCN(Cc3ccccc3)CC2)cc1F. The first kappa shape index (κ1) is 19.3. The molecule has 0 bridgehead atoms. The fourth-order valence-electron chi connectivity index (χ4n) is 4.16. The van der Waals surface area contributed by atoms with Crippen molar-refractivity contribution in [2.24, 2.45) is 7.05 Å². The molecule has 1 aliphatic rings. The van der Waals surface area contributed by atoms with Gasteiger partial charge in [0.1, 0.15) is 5.69 Å². The van der Waals surface area contributed by atoms with E-state index in [1.165, 1.54) is 17.8 Å². The first-order valence-corrected chi connectivity index (χ1v) is 9.77. The first-order chi connectivity index (χ1) is 14.0. The van der Waals surface area contributed by atoms with Crippen LogP contribution < -0.4 is 0 Å². The molecule has 1 saturated heterocycles. The van der Waals surface area contributed by atoms with E-state index in [0.717, 1.165) is 6.54 Å². The monoisotopic (exact) mass is 393 g/mol. The Morgan fingerprint density at radius 3 is 2.48 bits per heavy atom. The second kappa shape index (κ2) is 7.79. The number of hydrogen-bond donors (Lipinski definition) is 1. The molecule has 0 unspecified atom stereocenters. The van der Waals surface area contributed by atoms with E-state index in [4.69, 9.17) is 0 Å². The van der Waals surface area contributed by atoms with Gasteiger partial charge in [-0.25, -0.2) is 4.39 Å². The van der Waals surface area contributed by atoms with E-state index in [2.05, 4.69) is 22.0 Å². The van der Waals surface area contributed by atoms with Crippen molar-refractivity contribution in [2.45, 2.75) is 24.8 Å². The third-order valence-corrected chi connectivity index (χ3v) is 5.95. The number of hydrogen-bond acceptors (Lipinski definition) is 3. The normalized spacial score (nSPS) is 16.6. The molecule has 2 aromatic heterocycles. The second-order valence-electron chi connectivity index (χ2n) is 7.71. The topological polar surface area (TPSA) is 58.4 Å². The predicted octanol–water partition coefficient (Wildman–Crippen LogP) is 3.84. The van der Waals surface area contributed by atoms with E-state index in [0.29, 0.717) is 37.2 Å². The molecular formula is C23H24FN3O2. The lowest BCUT2D eigenvalue weighted by atomic mass is 9.73. The predicted molar refractivity (Wildman–Crippen MR) is 109 cm³/mol. The van der Waals surface area contributed by atoms with Crippen LogP contribution in [0.2, 0.25) is 0 Å². The van der Waals surface area contributed by atoms with Crippen LogP contribution in [0, 0.1) is 5.82 Å². The highest BCUT2D eigenvalue weighted by Crippen LogP contribution is 2.37. The van der Waals surface area contributed by atoms with Crippen molar-refractivity contribution in [3.63, 3.8) is 0 Å². The minimum absolute atomic E-state index is 0.239. The average molecular weight is 393 g/mol. The van der Waals surface area contributed by atoms with E-state index in [9.17, 15) is 14.3 Å². The molecule has 6 heteroatoms. The zero-order valence-electron chi connectivity index (χ0n) is 16.4. The average Bonchev–Trinajstić information content (AvgIpc) is 3.15. The molecule has 1 fully saturated rings. The number of carbonyl (C=O) groups is 1. The smallest absolute Gasteiger partial charge is 0.314 e. The molecule has 150 valence electrons. The summed E-state index contributed by atoms with van der Waals surface area (Å²) in [5.74, 6) is -1.40. The molecule has 0 aliphatic carbocycles. The fraction of sp³-hybridized carbons (Fsp3) is 0.304. The van der Waals surface area contributed by atoms with Crippen molar-refractivity contribution in [3.05, 3.63) is 77.9 Å². The highest BCUT2D eigenvalue weighted by Gasteiger charge is 2.43. The number of aryl methyl sites for hydroxylation is 1. The Hall–Kier alpha value is -2.99. The first-order valence-electron chi connectivity index (χ1n) is 9.77. The van der Waals surface area contributed by atoms with Crippen LogP contribution >= 0.6 is 0 Å². The van der Waals surface area contributed by atoms with E-state index in [-0.39, 0.29) is 5.69 Å². The Balaban J connectivity index is 1.56. The Morgan fingerprint density at radius 2 is 1.90 bits per heavy atom. The molecule has 0 spiro atoms. The van der Waals surface area contributed by atoms with Gasteiger partial charge in [-0.15, -0.1) is 0 Å². The summed E-state index contributed by atoms with van der Waals surface area (Å²) in [6.07, 6.45) is 4.22. The molecular weight excluding hydrogens is 369 g/mol. The lowest BCUT2D eigenvalue weighted by Crippen LogP contribution is -2.47. The summed E-state index contributed by atoms with van der Waals surface area (Å²) in [4.78, 5) is 18.8. The number of rotatable bonds is 5. The number of halogens is 1. The maximum Gasteiger partial charge on any atom is 0.314 e. The third kappa shape index (κ3) is 3.68. The van der Waals surface area contributed by atoms with Gasteiger partial charge in [0.2, 0.25) is 0 Å². The van der Waals surface area contributed by atoms with Crippen LogP contribution in [0.3, 0.4) is 0 Å². The van der Waals surface area contributed by atoms with Gasteiger partial charge in [0.25, 0.3) is 0 Å². The number of nitrogens with zero attached hydrogens (tertiary/aromatic N) is 3. The standard InChI is InChI=1S/C23H24FN3O2/c1-26-11-5-8-20(26)21-19(24)14-18(15-25-21)23(22(28)29)9-12-27(13-10-23)16-17-6-3-2-4-7-17/h2-8,11,14-15H,9-10,12-13,16H2,1H3,(H,28,29). The maximum atomic E-state index is 14.9. The number of aliphatic carboxylic acids is 1. The zero-order valence-corrected chi connectivity index (χ0v) is 16.4. The Labute approximate surface area is 169 Å². The minimum atomic E-state index is -1.10. The molecule has 3 aromatic rings. The Morgan fingerprint density at radius 1 is 1.17 bits per heavy atom. The molecule has 4 rings (SSSR count). The number of pyridine rings is 1. The van der Waals surface area contributed by atoms with E-state index >= 15 is 0 Å². The number of piperidine rings is 1. The van der Waals surface area contributed by atoms with Gasteiger partial charge in [0, 0.05) is 26.0 Å². The molecule has 0 atom stereocenters. The molecule has 0 radical (unpaired) electrons. The van der Waals surface area contributed by atoms with Crippen molar-refractivity contribution >= 4 is 5.97 Å². The summed E-state index contributed by atoms with van der Waals surface area (Å²) in [5.41, 5.74) is 1.45. The van der Waals surface area contributed by atoms with E-state index in [1.807, 2.05) is 37.5 Å². The lowest BCUT2D eigenvalue weighted by molar-refractivity contribution is -0.146. The van der Waals surface area contributed by atoms with Crippen LogP contribution in [0.4, 0.5) is 4.39 Å². The minimum Gasteiger partial charge on any atom is -0.481 e. The Kier molecular flexibility index (Phi) is 5.20. The van der Waals surface area contributed by atoms with Crippen LogP contribution in [-0.4, -0.2) is 38.6 Å². The maximum absolute atomic E-state index is 14.9. The van der Waals surface area contributed by atoms with Crippen molar-refractivity contribution in [2.75, 3.05) is 13.1 Å². The molecule has 1 N–H and O–H groups in total. The van der Waals surface area contributed by atoms with Gasteiger partial charge >= 0.3 is 5.97 Å². The third-order valence-electron chi connectivity index (χ3n) is 5.95. The molecule has 0 amide bonds. The zero-order chi connectivity index (χ0) is 20.4. The van der Waals surface area contributed by atoms with Gasteiger partial charge in [-0.1, -0.05) is 30.3 Å². The van der Waals surface area contributed by atoms with Gasteiger partial charge in [-0.05, 0) is 55.3 Å². The van der Waals surface area contributed by atoms with E-state index in [1.54, 1.807) is 10.6 Å². The summed E-state index contributed by atoms with van der Waals surface area (Å²) in [7, 11) is 1.82. The Bertz CT molecular complexity index is 1010. The molecule has 1 aromatic carbocycles. The summed E-state index contributed by atoms with van der Waals surface area (Å²) in [5, 5.41) is 10.0. The number of likely N-dealkylation sites (tertiary alicyclic amines) is 1. The molecule has 0 saturated carbocycles. The quantitative estimate of drug-likeness (QED) is 0.716. The molecule has 3 heterocycles. The van der Waals surface area contributed by atoms with Crippen LogP contribution in [-0.2, 0) is 23.8 Å². The summed E-state index contributed by atoms with van der Waals surface area (Å²) < 4.78 is 16.7. The number of carboxylic acids is 1. The van der Waals surface area contributed by atoms with Crippen molar-refractivity contribution < 1.29 is 14.3 Å². The number of benzene rings is 1. The lowest BCUT2D eigenvalue weighted by Gasteiger charge is -2.39. The number of carboxylic acid groups (broad SMARTS) is 1. The van der Waals surface area contributed by atoms with Crippen molar-refractivity contribution in [3.8, 4) is 11.4 Å². The van der Waals surface area contributed by atoms with Gasteiger partial charge < -0.3 is 9.67 Å². The van der Waals surface area contributed by atoms with Crippen LogP contribution in [0.15, 0.2) is 60.9 Å². The van der Waals surface area contributed by atoms with Crippen LogP contribution in [0.5, 0.6) is 0 Å². The van der Waals surface area contributed by atoms with Gasteiger partial charge in [-0.2, -0.15) is 0 Å². The van der Waals surface area contributed by atoms with Crippen LogP contribution in [0.25, 0.3) is 11.4 Å². The van der Waals surface area contributed by atoms with E-state index < -0.39 is 17.2 Å². The molecule has 29 heavy (non-hydrogen) atoms. The molecule has 5 nitrogen and oxygen atoms in total. The highest BCUT2D eigenvalue weighted by atomic mass is 19.1. The highest BCUT2D eigenvalue weighted by molar-refractivity contribution is 5.81. The van der Waals surface area contributed by atoms with Gasteiger partial charge in [-0.3, -0.25) is 14.7 Å². The second-order valence-corrected chi connectivity index (χ2v) is 7.71. The van der Waals surface area contributed by atoms with Crippen molar-refractivity contribution in [1.29, 1.82) is 0 Å². The van der Waals surface area contributed by atoms with Crippen LogP contribution in [0.1, 0.15) is 24.0 Å². The fourth-order valence-corrected chi connectivity index (χ4v) is 4.16.